The van der Waals surface area contributed by atoms with Crippen LogP contribution in [0.1, 0.15) is 11.4 Å². The van der Waals surface area contributed by atoms with Crippen molar-refractivity contribution >= 4 is 32.1 Å². The van der Waals surface area contributed by atoms with Gasteiger partial charge in [0.15, 0.2) is 0 Å². The lowest BCUT2D eigenvalue weighted by Gasteiger charge is -1.87. The molecule has 2 nitrogen and oxygen atoms in total. The molecule has 0 amide bonds. The predicted octanol–water partition coefficient (Wildman–Crippen LogP) is 2.21. The Hall–Kier alpha value is -0.220. The van der Waals surface area contributed by atoms with Crippen molar-refractivity contribution in [3.63, 3.8) is 0 Å². The van der Waals surface area contributed by atoms with Crippen molar-refractivity contribution in [3.8, 4) is 0 Å². The van der Waals surface area contributed by atoms with Crippen LogP contribution in [0.15, 0.2) is 6.58 Å². The maximum atomic E-state index is 4.00. The second kappa shape index (κ2) is 2.58. The predicted molar refractivity (Wildman–Crippen MR) is 42.6 cm³/mol. The van der Waals surface area contributed by atoms with E-state index in [-0.39, 0.29) is 0 Å². The summed E-state index contributed by atoms with van der Waals surface area (Å²) < 4.78 is 8.78. The van der Waals surface area contributed by atoms with Crippen molar-refractivity contribution in [1.82, 2.24) is 8.75 Å². The zero-order valence-electron chi connectivity index (χ0n) is 4.89. The Morgan fingerprint density at radius 2 is 2.33 bits per heavy atom. The molecular weight excluding hydrogens is 200 g/mol. The van der Waals surface area contributed by atoms with Crippen molar-refractivity contribution in [2.75, 3.05) is 0 Å². The molecular formula is C5H5BrN2S. The second-order valence-electron chi connectivity index (χ2n) is 1.60. The summed E-state index contributed by atoms with van der Waals surface area (Å²) >= 11 is 4.43. The summed E-state index contributed by atoms with van der Waals surface area (Å²) in [4.78, 5) is 0. The Morgan fingerprint density at radius 1 is 1.67 bits per heavy atom. The number of aromatic nitrogens is 2. The quantitative estimate of drug-likeness (QED) is 0.702. The molecule has 9 heavy (non-hydrogen) atoms. The number of nitrogens with zero attached hydrogens (tertiary/aromatic N) is 2. The van der Waals surface area contributed by atoms with Gasteiger partial charge in [0.05, 0.1) is 17.4 Å². The van der Waals surface area contributed by atoms with E-state index >= 15 is 0 Å². The van der Waals surface area contributed by atoms with E-state index in [0.29, 0.717) is 0 Å². The van der Waals surface area contributed by atoms with Crippen LogP contribution >= 0.6 is 27.7 Å². The van der Waals surface area contributed by atoms with Crippen molar-refractivity contribution in [2.45, 2.75) is 6.92 Å². The van der Waals surface area contributed by atoms with E-state index in [2.05, 4.69) is 31.3 Å². The molecule has 1 heterocycles. The van der Waals surface area contributed by atoms with E-state index in [9.17, 15) is 0 Å². The number of rotatable bonds is 1. The van der Waals surface area contributed by atoms with Crippen LogP contribution in [0.25, 0.3) is 4.48 Å². The summed E-state index contributed by atoms with van der Waals surface area (Å²) in [5, 5.41) is 0. The van der Waals surface area contributed by atoms with Gasteiger partial charge in [-0.15, -0.1) is 0 Å². The van der Waals surface area contributed by atoms with Crippen LogP contribution < -0.4 is 0 Å². The molecule has 0 spiro atoms. The maximum absolute atomic E-state index is 4.00. The summed E-state index contributed by atoms with van der Waals surface area (Å²) in [6.45, 7) is 5.59. The summed E-state index contributed by atoms with van der Waals surface area (Å²) in [5.74, 6) is 0. The van der Waals surface area contributed by atoms with E-state index in [1.54, 1.807) is 0 Å². The molecule has 4 heteroatoms. The first-order valence-corrected chi connectivity index (χ1v) is 3.88. The molecule has 0 saturated heterocycles. The van der Waals surface area contributed by atoms with Crippen molar-refractivity contribution < 1.29 is 0 Å². The Balaban J connectivity index is 3.08. The van der Waals surface area contributed by atoms with Crippen LogP contribution in [-0.2, 0) is 0 Å². The van der Waals surface area contributed by atoms with Crippen LogP contribution in [0.4, 0.5) is 0 Å². The van der Waals surface area contributed by atoms with E-state index < -0.39 is 0 Å². The monoisotopic (exact) mass is 204 g/mol. The SMILES string of the molecule is C=C(Br)c1nsnc1C. The average Bonchev–Trinajstić information content (AvgIpc) is 2.13. The average molecular weight is 205 g/mol. The molecule has 0 unspecified atom stereocenters. The first-order valence-electron chi connectivity index (χ1n) is 2.35. The Morgan fingerprint density at radius 3 is 2.56 bits per heavy atom. The van der Waals surface area contributed by atoms with E-state index in [1.807, 2.05) is 6.92 Å². The first-order chi connectivity index (χ1) is 4.22. The summed E-state index contributed by atoms with van der Waals surface area (Å²) in [6, 6.07) is 0. The molecule has 1 aromatic heterocycles. The fourth-order valence-electron chi connectivity index (χ4n) is 0.478. The molecule has 0 fully saturated rings. The van der Waals surface area contributed by atoms with Gasteiger partial charge in [0.25, 0.3) is 0 Å². The van der Waals surface area contributed by atoms with Gasteiger partial charge < -0.3 is 0 Å². The molecule has 0 aliphatic rings. The minimum atomic E-state index is 0.800. The van der Waals surface area contributed by atoms with Crippen LogP contribution in [0.2, 0.25) is 0 Å². The molecule has 48 valence electrons. The number of hydrogen-bond acceptors (Lipinski definition) is 3. The third-order valence-electron chi connectivity index (χ3n) is 0.910. The fraction of sp³-hybridized carbons (Fsp3) is 0.200. The van der Waals surface area contributed by atoms with Gasteiger partial charge in [-0.05, 0) is 22.9 Å². The highest BCUT2D eigenvalue weighted by molar-refractivity contribution is 9.15. The van der Waals surface area contributed by atoms with Crippen LogP contribution in [0.5, 0.6) is 0 Å². The summed E-state index contributed by atoms with van der Waals surface area (Å²) in [7, 11) is 0. The highest BCUT2D eigenvalue weighted by Gasteiger charge is 2.02. The molecule has 0 aromatic carbocycles. The van der Waals surface area contributed by atoms with Gasteiger partial charge in [-0.25, -0.2) is 0 Å². The molecule has 0 bridgehead atoms. The van der Waals surface area contributed by atoms with Gasteiger partial charge in [-0.3, -0.25) is 0 Å². The maximum Gasteiger partial charge on any atom is 0.113 e. The van der Waals surface area contributed by atoms with E-state index in [4.69, 9.17) is 0 Å². The lowest BCUT2D eigenvalue weighted by atomic mass is 10.3. The molecule has 0 aliphatic carbocycles. The fourth-order valence-corrected chi connectivity index (χ4v) is 1.54. The van der Waals surface area contributed by atoms with Crippen molar-refractivity contribution in [2.24, 2.45) is 0 Å². The first kappa shape index (κ1) is 6.89. The van der Waals surface area contributed by atoms with Gasteiger partial charge in [0.1, 0.15) is 5.69 Å². The lowest BCUT2D eigenvalue weighted by molar-refractivity contribution is 1.30. The van der Waals surface area contributed by atoms with Gasteiger partial charge in [-0.2, -0.15) is 8.75 Å². The Kier molecular flexibility index (Phi) is 1.97. The van der Waals surface area contributed by atoms with Gasteiger partial charge >= 0.3 is 0 Å². The standard InChI is InChI=1S/C5H5BrN2S/c1-3(6)5-4(2)7-9-8-5/h1H2,2H3. The normalized spacial score (nSPS) is 9.56. The summed E-state index contributed by atoms with van der Waals surface area (Å²) in [6.07, 6.45) is 0. The molecule has 0 atom stereocenters. The highest BCUT2D eigenvalue weighted by Crippen LogP contribution is 2.19. The van der Waals surface area contributed by atoms with E-state index in [1.165, 1.54) is 11.7 Å². The summed E-state index contributed by atoms with van der Waals surface area (Å²) in [5.41, 5.74) is 1.79. The van der Waals surface area contributed by atoms with Gasteiger partial charge in [-0.1, -0.05) is 6.58 Å². The molecule has 0 N–H and O–H groups in total. The van der Waals surface area contributed by atoms with Crippen LogP contribution in [-0.4, -0.2) is 8.75 Å². The molecule has 0 aliphatic heterocycles. The zero-order chi connectivity index (χ0) is 6.85. The molecule has 1 aromatic rings. The minimum absolute atomic E-state index is 0.800. The Labute approximate surface area is 66.1 Å². The van der Waals surface area contributed by atoms with Crippen LogP contribution in [0.3, 0.4) is 0 Å². The molecule has 0 saturated carbocycles. The molecule has 0 radical (unpaired) electrons. The smallest absolute Gasteiger partial charge is 0.113 e. The van der Waals surface area contributed by atoms with E-state index in [0.717, 1.165) is 15.9 Å². The molecule has 1 rings (SSSR count). The zero-order valence-corrected chi connectivity index (χ0v) is 7.29. The lowest BCUT2D eigenvalue weighted by Crippen LogP contribution is -1.77. The van der Waals surface area contributed by atoms with Gasteiger partial charge in [0, 0.05) is 4.48 Å². The van der Waals surface area contributed by atoms with Crippen LogP contribution in [0, 0.1) is 6.92 Å². The number of hydrogen-bond donors (Lipinski definition) is 0. The van der Waals surface area contributed by atoms with Crippen molar-refractivity contribution in [1.29, 1.82) is 0 Å². The number of halogens is 1. The van der Waals surface area contributed by atoms with Gasteiger partial charge in [0.2, 0.25) is 0 Å². The Bertz CT molecular complexity index is 231. The minimum Gasteiger partial charge on any atom is -0.178 e. The largest absolute Gasteiger partial charge is 0.178 e. The second-order valence-corrected chi connectivity index (χ2v) is 3.09. The highest BCUT2D eigenvalue weighted by atomic mass is 79.9. The topological polar surface area (TPSA) is 25.8 Å². The third kappa shape index (κ3) is 1.37. The number of aryl methyl sites for hydroxylation is 1. The van der Waals surface area contributed by atoms with Crippen molar-refractivity contribution in [3.05, 3.63) is 18.0 Å². The third-order valence-corrected chi connectivity index (χ3v) is 1.90.